The summed E-state index contributed by atoms with van der Waals surface area (Å²) in [5, 5.41) is 26.3. The number of benzene rings is 3. The van der Waals surface area contributed by atoms with Crippen molar-refractivity contribution in [3.63, 3.8) is 0 Å². The molecular weight excluding hydrogens is 502 g/mol. The molecule has 0 bridgehead atoms. The van der Waals surface area contributed by atoms with Crippen LogP contribution in [0.5, 0.6) is 0 Å². The SMILES string of the molecule is O=C1[C@@H]2N=NN(CC(=O)N3N=C(c4ccccc4)C[C@H]3c3ccc([N+](=O)[O-])cc3)[C@H]2C(=O)N1c1ccccc1. The molecular formula is C27H21N7O5. The van der Waals surface area contributed by atoms with Crippen molar-refractivity contribution in [3.8, 4) is 0 Å². The van der Waals surface area contributed by atoms with Crippen LogP contribution in [0.15, 0.2) is 100 Å². The molecule has 12 heteroatoms. The van der Waals surface area contributed by atoms with Gasteiger partial charge in [-0.2, -0.15) is 10.2 Å². The van der Waals surface area contributed by atoms with Gasteiger partial charge in [-0.25, -0.2) is 9.91 Å². The Kier molecular flexibility index (Phi) is 5.91. The molecule has 1 fully saturated rings. The van der Waals surface area contributed by atoms with E-state index in [0.717, 1.165) is 10.5 Å². The largest absolute Gasteiger partial charge is 0.271 e. The van der Waals surface area contributed by atoms with Crippen molar-refractivity contribution >= 4 is 34.8 Å². The maximum absolute atomic E-state index is 13.6. The summed E-state index contributed by atoms with van der Waals surface area (Å²) < 4.78 is 0. The van der Waals surface area contributed by atoms with Gasteiger partial charge in [0.05, 0.1) is 22.4 Å². The molecule has 0 N–H and O–H groups in total. The number of imide groups is 1. The standard InChI is InChI=1S/C27H21N7O5/c35-23(16-31-25-24(28-30-31)26(36)32(27(25)37)19-9-5-2-6-10-19)33-22(18-11-13-20(14-12-18)34(38)39)15-21(29-33)17-7-3-1-4-8-17/h1-14,22,24-25H,15-16H2/t22-,24+,25+/m0/s1. The molecule has 1 saturated heterocycles. The van der Waals surface area contributed by atoms with Crippen molar-refractivity contribution < 1.29 is 19.3 Å². The second-order valence-electron chi connectivity index (χ2n) is 9.26. The van der Waals surface area contributed by atoms with Crippen LogP contribution in [-0.2, 0) is 14.4 Å². The number of para-hydroxylation sites is 1. The summed E-state index contributed by atoms with van der Waals surface area (Å²) in [6.07, 6.45) is 0.389. The van der Waals surface area contributed by atoms with Crippen LogP contribution in [0.1, 0.15) is 23.6 Å². The van der Waals surface area contributed by atoms with Crippen LogP contribution in [0, 0.1) is 10.1 Å². The number of non-ortho nitro benzene ring substituents is 1. The number of hydrogen-bond donors (Lipinski definition) is 0. The number of hydrazone groups is 1. The summed E-state index contributed by atoms with van der Waals surface area (Å²) in [7, 11) is 0. The maximum Gasteiger partial charge on any atom is 0.269 e. The average molecular weight is 524 g/mol. The fourth-order valence-electron chi connectivity index (χ4n) is 5.02. The third-order valence-corrected chi connectivity index (χ3v) is 6.93. The first-order chi connectivity index (χ1) is 18.9. The molecule has 0 aliphatic carbocycles. The van der Waals surface area contributed by atoms with Gasteiger partial charge in [-0.3, -0.25) is 29.5 Å². The Morgan fingerprint density at radius 1 is 0.923 bits per heavy atom. The number of nitro groups is 1. The summed E-state index contributed by atoms with van der Waals surface area (Å²) >= 11 is 0. The van der Waals surface area contributed by atoms with E-state index in [9.17, 15) is 24.5 Å². The zero-order valence-corrected chi connectivity index (χ0v) is 20.4. The first-order valence-electron chi connectivity index (χ1n) is 12.2. The minimum absolute atomic E-state index is 0.0604. The summed E-state index contributed by atoms with van der Waals surface area (Å²) in [5.41, 5.74) is 2.56. The molecule has 3 atom stereocenters. The molecule has 0 spiro atoms. The zero-order valence-electron chi connectivity index (χ0n) is 20.4. The molecule has 3 aliphatic rings. The minimum atomic E-state index is -1.03. The Balaban J connectivity index is 1.26. The number of anilines is 1. The maximum atomic E-state index is 13.6. The fraction of sp³-hybridized carbons (Fsp3) is 0.185. The van der Waals surface area contributed by atoms with Crippen molar-refractivity contribution in [2.45, 2.75) is 24.5 Å². The quantitative estimate of drug-likeness (QED) is 0.276. The molecule has 6 rings (SSSR count). The lowest BCUT2D eigenvalue weighted by molar-refractivity contribution is -0.384. The molecule has 0 radical (unpaired) electrons. The summed E-state index contributed by atoms with van der Waals surface area (Å²) in [6, 6.07) is 21.3. The van der Waals surface area contributed by atoms with E-state index >= 15 is 0 Å². The van der Waals surface area contributed by atoms with Gasteiger partial charge in [0, 0.05) is 18.6 Å². The van der Waals surface area contributed by atoms with E-state index in [2.05, 4.69) is 15.4 Å². The number of nitro benzene ring substituents is 1. The van der Waals surface area contributed by atoms with E-state index in [1.165, 1.54) is 22.2 Å². The fourth-order valence-corrected chi connectivity index (χ4v) is 5.02. The number of fused-ring (bicyclic) bond motifs is 1. The third kappa shape index (κ3) is 4.21. The lowest BCUT2D eigenvalue weighted by Gasteiger charge is -2.25. The van der Waals surface area contributed by atoms with Gasteiger partial charge in [0.25, 0.3) is 23.4 Å². The van der Waals surface area contributed by atoms with Crippen molar-refractivity contribution in [1.29, 1.82) is 0 Å². The highest BCUT2D eigenvalue weighted by atomic mass is 16.6. The van der Waals surface area contributed by atoms with Gasteiger partial charge >= 0.3 is 0 Å². The van der Waals surface area contributed by atoms with Crippen LogP contribution in [0.4, 0.5) is 11.4 Å². The number of carbonyl (C=O) groups is 3. The molecule has 39 heavy (non-hydrogen) atoms. The molecule has 0 aromatic heterocycles. The Bertz CT molecular complexity index is 1530. The minimum Gasteiger partial charge on any atom is -0.271 e. The highest BCUT2D eigenvalue weighted by Gasteiger charge is 2.55. The van der Waals surface area contributed by atoms with Gasteiger partial charge in [0.1, 0.15) is 6.54 Å². The molecule has 0 saturated carbocycles. The lowest BCUT2D eigenvalue weighted by Crippen LogP contribution is -2.44. The van der Waals surface area contributed by atoms with Crippen molar-refractivity contribution in [3.05, 3.63) is 106 Å². The van der Waals surface area contributed by atoms with Gasteiger partial charge in [0.15, 0.2) is 12.1 Å². The predicted octanol–water partition coefficient (Wildman–Crippen LogP) is 3.27. The van der Waals surface area contributed by atoms with Crippen molar-refractivity contribution in [1.82, 2.24) is 10.0 Å². The average Bonchev–Trinajstić information content (AvgIpc) is 3.65. The number of amides is 3. The normalized spacial score (nSPS) is 21.9. The topological polar surface area (TPSA) is 141 Å². The summed E-state index contributed by atoms with van der Waals surface area (Å²) in [5.74, 6) is -1.46. The van der Waals surface area contributed by atoms with Gasteiger partial charge in [-0.05, 0) is 23.3 Å². The molecule has 194 valence electrons. The van der Waals surface area contributed by atoms with E-state index in [4.69, 9.17) is 0 Å². The number of nitrogens with zero attached hydrogens (tertiary/aromatic N) is 7. The number of rotatable bonds is 6. The Morgan fingerprint density at radius 2 is 1.59 bits per heavy atom. The Labute approximate surface area is 222 Å². The molecule has 3 aromatic rings. The second-order valence-corrected chi connectivity index (χ2v) is 9.26. The molecule has 12 nitrogen and oxygen atoms in total. The van der Waals surface area contributed by atoms with Crippen LogP contribution < -0.4 is 4.90 Å². The van der Waals surface area contributed by atoms with Gasteiger partial charge in [-0.15, -0.1) is 0 Å². The van der Waals surface area contributed by atoms with Gasteiger partial charge in [0.2, 0.25) is 0 Å². The van der Waals surface area contributed by atoms with E-state index in [1.54, 1.807) is 42.5 Å². The number of hydrogen-bond acceptors (Lipinski definition) is 9. The first-order valence-corrected chi connectivity index (χ1v) is 12.2. The van der Waals surface area contributed by atoms with Crippen LogP contribution >= 0.6 is 0 Å². The summed E-state index contributed by atoms with van der Waals surface area (Å²) in [6.45, 7) is -0.332. The Morgan fingerprint density at radius 3 is 2.26 bits per heavy atom. The molecule has 0 unspecified atom stereocenters. The van der Waals surface area contributed by atoms with E-state index in [-0.39, 0.29) is 12.2 Å². The zero-order chi connectivity index (χ0) is 27.1. The highest BCUT2D eigenvalue weighted by molar-refractivity contribution is 6.25. The van der Waals surface area contributed by atoms with Crippen molar-refractivity contribution in [2.24, 2.45) is 15.4 Å². The predicted molar refractivity (Wildman–Crippen MR) is 138 cm³/mol. The van der Waals surface area contributed by atoms with Crippen LogP contribution in [0.2, 0.25) is 0 Å². The van der Waals surface area contributed by atoms with E-state index < -0.39 is 40.8 Å². The van der Waals surface area contributed by atoms with Crippen molar-refractivity contribution in [2.75, 3.05) is 11.4 Å². The monoisotopic (exact) mass is 523 g/mol. The number of carbonyl (C=O) groups excluding carboxylic acids is 3. The highest BCUT2D eigenvalue weighted by Crippen LogP contribution is 2.35. The first kappa shape index (κ1) is 24.1. The van der Waals surface area contributed by atoms with Gasteiger partial charge < -0.3 is 0 Å². The molecule has 3 amide bonds. The van der Waals surface area contributed by atoms with E-state index in [0.29, 0.717) is 23.4 Å². The molecule has 3 aliphatic heterocycles. The third-order valence-electron chi connectivity index (χ3n) is 6.93. The molecule has 3 aromatic carbocycles. The lowest BCUT2D eigenvalue weighted by atomic mass is 9.98. The van der Waals surface area contributed by atoms with Gasteiger partial charge in [-0.1, -0.05) is 65.9 Å². The van der Waals surface area contributed by atoms with Crippen LogP contribution in [0.3, 0.4) is 0 Å². The smallest absolute Gasteiger partial charge is 0.269 e. The Hall–Kier alpha value is -5.26. The second kappa shape index (κ2) is 9.56. The van der Waals surface area contributed by atoms with Crippen LogP contribution in [-0.4, -0.2) is 57.0 Å². The molecule has 3 heterocycles. The van der Waals surface area contributed by atoms with Crippen LogP contribution in [0.25, 0.3) is 0 Å². The van der Waals surface area contributed by atoms with E-state index in [1.807, 2.05) is 30.3 Å². The summed E-state index contributed by atoms with van der Waals surface area (Å²) in [4.78, 5) is 51.6.